The molecular weight excluding hydrogens is 226 g/mol. The summed E-state index contributed by atoms with van der Waals surface area (Å²) in [6.07, 6.45) is 1.15. The topological polar surface area (TPSA) is 41.3 Å². The molecule has 102 valence electrons. The van der Waals surface area contributed by atoms with Crippen LogP contribution in [0, 0.1) is 13.8 Å². The van der Waals surface area contributed by atoms with Crippen molar-refractivity contribution in [1.29, 1.82) is 0 Å². The van der Waals surface area contributed by atoms with Crippen molar-refractivity contribution in [1.82, 2.24) is 15.2 Å². The Hall–Kier alpha value is -0.870. The summed E-state index contributed by atoms with van der Waals surface area (Å²) < 4.78 is 5.70. The van der Waals surface area contributed by atoms with Gasteiger partial charge in [-0.15, -0.1) is 0 Å². The van der Waals surface area contributed by atoms with Crippen LogP contribution in [0.1, 0.15) is 44.5 Å². The Morgan fingerprint density at radius 1 is 1.44 bits per heavy atom. The standard InChI is InChI=1S/C14H25N3O/c1-6-12-7-15-14(4,5)9-17(12)8-13-16-10(2)11(3)18-13/h12,15H,6-9H2,1-5H3. The second-order valence-electron chi connectivity index (χ2n) is 5.98. The first-order valence-electron chi connectivity index (χ1n) is 6.83. The van der Waals surface area contributed by atoms with Gasteiger partial charge >= 0.3 is 0 Å². The molecule has 0 aliphatic carbocycles. The molecule has 1 atom stereocenters. The van der Waals surface area contributed by atoms with Crippen LogP contribution in [0.15, 0.2) is 4.42 Å². The molecule has 18 heavy (non-hydrogen) atoms. The monoisotopic (exact) mass is 251 g/mol. The maximum atomic E-state index is 5.70. The van der Waals surface area contributed by atoms with E-state index < -0.39 is 0 Å². The van der Waals surface area contributed by atoms with Crippen molar-refractivity contribution in [2.45, 2.75) is 59.2 Å². The Balaban J connectivity index is 2.09. The fourth-order valence-corrected chi connectivity index (χ4v) is 2.58. The van der Waals surface area contributed by atoms with Crippen molar-refractivity contribution in [3.05, 3.63) is 17.3 Å². The Bertz CT molecular complexity index is 392. The SMILES string of the molecule is CCC1CNC(C)(C)CN1Cc1nc(C)c(C)o1. The molecule has 0 amide bonds. The fraction of sp³-hybridized carbons (Fsp3) is 0.786. The average Bonchev–Trinajstić information content (AvgIpc) is 2.57. The second kappa shape index (κ2) is 5.02. The molecule has 4 nitrogen and oxygen atoms in total. The quantitative estimate of drug-likeness (QED) is 0.894. The number of hydrogen-bond donors (Lipinski definition) is 1. The molecule has 1 aliphatic heterocycles. The zero-order chi connectivity index (χ0) is 13.3. The highest BCUT2D eigenvalue weighted by Gasteiger charge is 2.32. The highest BCUT2D eigenvalue weighted by molar-refractivity contribution is 5.06. The molecule has 1 saturated heterocycles. The maximum absolute atomic E-state index is 5.70. The van der Waals surface area contributed by atoms with Crippen LogP contribution in [0.2, 0.25) is 0 Å². The molecule has 1 N–H and O–H groups in total. The van der Waals surface area contributed by atoms with E-state index in [0.29, 0.717) is 6.04 Å². The molecule has 2 rings (SSSR count). The van der Waals surface area contributed by atoms with Gasteiger partial charge in [0.1, 0.15) is 5.76 Å². The van der Waals surface area contributed by atoms with Gasteiger partial charge in [-0.3, -0.25) is 4.90 Å². The van der Waals surface area contributed by atoms with Gasteiger partial charge < -0.3 is 9.73 Å². The molecule has 1 aliphatic rings. The van der Waals surface area contributed by atoms with Crippen molar-refractivity contribution in [2.75, 3.05) is 13.1 Å². The summed E-state index contributed by atoms with van der Waals surface area (Å²) in [6.45, 7) is 13.6. The fourth-order valence-electron chi connectivity index (χ4n) is 2.58. The summed E-state index contributed by atoms with van der Waals surface area (Å²) >= 11 is 0. The molecule has 1 fully saturated rings. The van der Waals surface area contributed by atoms with Crippen LogP contribution in [0.3, 0.4) is 0 Å². The van der Waals surface area contributed by atoms with Gasteiger partial charge in [0.2, 0.25) is 5.89 Å². The van der Waals surface area contributed by atoms with E-state index >= 15 is 0 Å². The Morgan fingerprint density at radius 3 is 2.72 bits per heavy atom. The number of aromatic nitrogens is 1. The van der Waals surface area contributed by atoms with Gasteiger partial charge in [-0.25, -0.2) is 4.98 Å². The van der Waals surface area contributed by atoms with E-state index in [4.69, 9.17) is 4.42 Å². The minimum Gasteiger partial charge on any atom is -0.444 e. The van der Waals surface area contributed by atoms with Crippen molar-refractivity contribution in [2.24, 2.45) is 0 Å². The van der Waals surface area contributed by atoms with Gasteiger partial charge in [0.05, 0.1) is 12.2 Å². The van der Waals surface area contributed by atoms with Crippen molar-refractivity contribution < 1.29 is 4.42 Å². The van der Waals surface area contributed by atoms with Crippen LogP contribution in [0.5, 0.6) is 0 Å². The average molecular weight is 251 g/mol. The minimum atomic E-state index is 0.169. The zero-order valence-electron chi connectivity index (χ0n) is 12.2. The molecule has 0 aromatic carbocycles. The number of hydrogen-bond acceptors (Lipinski definition) is 4. The number of rotatable bonds is 3. The summed E-state index contributed by atoms with van der Waals surface area (Å²) in [5.74, 6) is 1.79. The summed E-state index contributed by atoms with van der Waals surface area (Å²) in [4.78, 5) is 6.98. The lowest BCUT2D eigenvalue weighted by Crippen LogP contribution is -2.61. The van der Waals surface area contributed by atoms with E-state index in [0.717, 1.165) is 43.4 Å². The number of oxazole rings is 1. The predicted molar refractivity (Wildman–Crippen MR) is 72.5 cm³/mol. The van der Waals surface area contributed by atoms with Crippen molar-refractivity contribution in [3.63, 3.8) is 0 Å². The van der Waals surface area contributed by atoms with E-state index in [1.54, 1.807) is 0 Å². The predicted octanol–water partition coefficient (Wildman–Crippen LogP) is 2.25. The van der Waals surface area contributed by atoms with E-state index in [1.807, 2.05) is 13.8 Å². The summed E-state index contributed by atoms with van der Waals surface area (Å²) in [7, 11) is 0. The Morgan fingerprint density at radius 2 is 2.17 bits per heavy atom. The molecular formula is C14H25N3O. The molecule has 2 heterocycles. The van der Waals surface area contributed by atoms with Gasteiger partial charge in [0, 0.05) is 24.7 Å². The van der Waals surface area contributed by atoms with Gasteiger partial charge in [-0.2, -0.15) is 0 Å². The van der Waals surface area contributed by atoms with Crippen molar-refractivity contribution in [3.8, 4) is 0 Å². The van der Waals surface area contributed by atoms with Crippen LogP contribution in [-0.2, 0) is 6.54 Å². The van der Waals surface area contributed by atoms with E-state index in [2.05, 4.69) is 36.0 Å². The number of piperazine rings is 1. The lowest BCUT2D eigenvalue weighted by molar-refractivity contribution is 0.0774. The molecule has 0 spiro atoms. The number of nitrogens with zero attached hydrogens (tertiary/aromatic N) is 2. The van der Waals surface area contributed by atoms with Crippen LogP contribution in [0.25, 0.3) is 0 Å². The van der Waals surface area contributed by atoms with Gasteiger partial charge in [-0.1, -0.05) is 6.92 Å². The lowest BCUT2D eigenvalue weighted by Gasteiger charge is -2.43. The largest absolute Gasteiger partial charge is 0.444 e. The maximum Gasteiger partial charge on any atom is 0.208 e. The third-order valence-electron chi connectivity index (χ3n) is 3.81. The van der Waals surface area contributed by atoms with Crippen molar-refractivity contribution >= 4 is 0 Å². The second-order valence-corrected chi connectivity index (χ2v) is 5.98. The molecule has 4 heteroatoms. The van der Waals surface area contributed by atoms with Gasteiger partial charge in [0.25, 0.3) is 0 Å². The third kappa shape index (κ3) is 2.93. The molecule has 1 unspecified atom stereocenters. The van der Waals surface area contributed by atoms with Gasteiger partial charge in [0.15, 0.2) is 0 Å². The highest BCUT2D eigenvalue weighted by Crippen LogP contribution is 2.20. The third-order valence-corrected chi connectivity index (χ3v) is 3.81. The smallest absolute Gasteiger partial charge is 0.208 e. The van der Waals surface area contributed by atoms with Crippen LogP contribution >= 0.6 is 0 Å². The minimum absolute atomic E-state index is 0.169. The Kier molecular flexibility index (Phi) is 3.78. The molecule has 0 bridgehead atoms. The molecule has 0 saturated carbocycles. The highest BCUT2D eigenvalue weighted by atomic mass is 16.4. The van der Waals surface area contributed by atoms with E-state index in [9.17, 15) is 0 Å². The normalized spacial score (nSPS) is 24.4. The Labute approximate surface area is 110 Å². The first-order chi connectivity index (χ1) is 8.41. The molecule has 1 aromatic rings. The summed E-state index contributed by atoms with van der Waals surface area (Å²) in [6, 6.07) is 0.575. The lowest BCUT2D eigenvalue weighted by atomic mass is 9.97. The first kappa shape index (κ1) is 13.6. The number of aryl methyl sites for hydroxylation is 2. The molecule has 1 aromatic heterocycles. The first-order valence-corrected chi connectivity index (χ1v) is 6.83. The zero-order valence-corrected chi connectivity index (χ0v) is 12.2. The van der Waals surface area contributed by atoms with E-state index in [1.165, 1.54) is 0 Å². The van der Waals surface area contributed by atoms with Crippen LogP contribution < -0.4 is 5.32 Å². The summed E-state index contributed by atoms with van der Waals surface area (Å²) in [5, 5.41) is 3.60. The number of nitrogens with one attached hydrogen (secondary N) is 1. The van der Waals surface area contributed by atoms with Crippen LogP contribution in [-0.4, -0.2) is 34.6 Å². The summed E-state index contributed by atoms with van der Waals surface area (Å²) in [5.41, 5.74) is 1.18. The molecule has 0 radical (unpaired) electrons. The van der Waals surface area contributed by atoms with Gasteiger partial charge in [-0.05, 0) is 34.1 Å². The van der Waals surface area contributed by atoms with Crippen LogP contribution in [0.4, 0.5) is 0 Å². The van der Waals surface area contributed by atoms with E-state index in [-0.39, 0.29) is 5.54 Å².